The van der Waals surface area contributed by atoms with Crippen LogP contribution in [0.3, 0.4) is 0 Å². The lowest BCUT2D eigenvalue weighted by Crippen LogP contribution is -2.05. The number of aryl methyl sites for hydroxylation is 2. The molecular weight excluding hydrogens is 252 g/mol. The van der Waals surface area contributed by atoms with Gasteiger partial charge < -0.3 is 14.6 Å². The molecule has 20 heavy (non-hydrogen) atoms. The van der Waals surface area contributed by atoms with Gasteiger partial charge in [-0.1, -0.05) is 42.5 Å². The number of rotatable bonds is 6. The number of ether oxygens (including phenoxy) is 2. The summed E-state index contributed by atoms with van der Waals surface area (Å²) in [7, 11) is 0. The quantitative estimate of drug-likeness (QED) is 0.647. The van der Waals surface area contributed by atoms with Crippen LogP contribution in [0.5, 0.6) is 5.75 Å². The van der Waals surface area contributed by atoms with Crippen LogP contribution < -0.4 is 4.74 Å². The minimum absolute atomic E-state index is 0.0481. The van der Waals surface area contributed by atoms with Crippen molar-refractivity contribution in [3.8, 4) is 5.75 Å². The Balaban J connectivity index is 1.88. The molecular formula is C17H20O3. The predicted molar refractivity (Wildman–Crippen MR) is 78.6 cm³/mol. The minimum Gasteiger partial charge on any atom is -0.467 e. The van der Waals surface area contributed by atoms with E-state index < -0.39 is 0 Å². The Morgan fingerprint density at radius 1 is 0.950 bits per heavy atom. The van der Waals surface area contributed by atoms with Crippen LogP contribution >= 0.6 is 0 Å². The highest BCUT2D eigenvalue weighted by atomic mass is 16.7. The fourth-order valence-electron chi connectivity index (χ4n) is 2.19. The first-order valence-corrected chi connectivity index (χ1v) is 6.66. The van der Waals surface area contributed by atoms with Gasteiger partial charge in [0, 0.05) is 0 Å². The number of hydrogen-bond donors (Lipinski definition) is 1. The van der Waals surface area contributed by atoms with Crippen LogP contribution in [0, 0.1) is 13.8 Å². The Morgan fingerprint density at radius 2 is 1.60 bits per heavy atom. The highest BCUT2D eigenvalue weighted by Crippen LogP contribution is 2.24. The van der Waals surface area contributed by atoms with Crippen molar-refractivity contribution in [3.05, 3.63) is 64.7 Å². The lowest BCUT2D eigenvalue weighted by Gasteiger charge is -2.13. The summed E-state index contributed by atoms with van der Waals surface area (Å²) in [4.78, 5) is 0. The van der Waals surface area contributed by atoms with Crippen molar-refractivity contribution in [2.45, 2.75) is 27.1 Å². The summed E-state index contributed by atoms with van der Waals surface area (Å²) in [6, 6.07) is 13.9. The van der Waals surface area contributed by atoms with Crippen LogP contribution in [0.2, 0.25) is 0 Å². The Labute approximate surface area is 119 Å². The number of benzene rings is 2. The van der Waals surface area contributed by atoms with Crippen LogP contribution in [0.15, 0.2) is 42.5 Å². The summed E-state index contributed by atoms with van der Waals surface area (Å²) in [6.07, 6.45) is 0. The second-order valence-electron chi connectivity index (χ2n) is 4.81. The van der Waals surface area contributed by atoms with Gasteiger partial charge >= 0.3 is 0 Å². The van der Waals surface area contributed by atoms with Gasteiger partial charge in [-0.05, 0) is 36.1 Å². The van der Waals surface area contributed by atoms with Crippen LogP contribution in [-0.4, -0.2) is 11.9 Å². The van der Waals surface area contributed by atoms with E-state index in [9.17, 15) is 0 Å². The van der Waals surface area contributed by atoms with Gasteiger partial charge in [-0.25, -0.2) is 0 Å². The van der Waals surface area contributed by atoms with Crippen LogP contribution in [-0.2, 0) is 18.0 Å². The maximum Gasteiger partial charge on any atom is 0.189 e. The summed E-state index contributed by atoms with van der Waals surface area (Å²) in [5, 5.41) is 9.15. The minimum atomic E-state index is 0.0481. The van der Waals surface area contributed by atoms with Crippen molar-refractivity contribution in [1.82, 2.24) is 0 Å². The largest absolute Gasteiger partial charge is 0.467 e. The molecule has 0 aliphatic heterocycles. The van der Waals surface area contributed by atoms with Gasteiger partial charge in [-0.2, -0.15) is 0 Å². The molecule has 3 heteroatoms. The summed E-state index contributed by atoms with van der Waals surface area (Å²) in [6.45, 7) is 4.74. The van der Waals surface area contributed by atoms with Crippen molar-refractivity contribution in [2.24, 2.45) is 0 Å². The van der Waals surface area contributed by atoms with Crippen molar-refractivity contribution in [3.63, 3.8) is 0 Å². The normalized spacial score (nSPS) is 10.6. The van der Waals surface area contributed by atoms with E-state index >= 15 is 0 Å². The summed E-state index contributed by atoms with van der Waals surface area (Å²) in [5.74, 6) is 0.829. The topological polar surface area (TPSA) is 38.7 Å². The van der Waals surface area contributed by atoms with E-state index in [-0.39, 0.29) is 13.4 Å². The standard InChI is InChI=1S/C17H20O3/c1-13-8-16(10-18)9-14(2)17(13)20-12-19-11-15-6-4-3-5-7-15/h3-9,18H,10-12H2,1-2H3. The second-order valence-corrected chi connectivity index (χ2v) is 4.81. The molecule has 0 heterocycles. The molecule has 0 spiro atoms. The third kappa shape index (κ3) is 3.83. The molecule has 3 nitrogen and oxygen atoms in total. The van der Waals surface area contributed by atoms with Gasteiger partial charge in [0.05, 0.1) is 13.2 Å². The van der Waals surface area contributed by atoms with Gasteiger partial charge in [-0.3, -0.25) is 0 Å². The molecule has 0 atom stereocenters. The van der Waals surface area contributed by atoms with Gasteiger partial charge in [0.1, 0.15) is 5.75 Å². The monoisotopic (exact) mass is 272 g/mol. The number of hydrogen-bond acceptors (Lipinski definition) is 3. The summed E-state index contributed by atoms with van der Waals surface area (Å²) >= 11 is 0. The van der Waals surface area contributed by atoms with E-state index in [1.165, 1.54) is 0 Å². The SMILES string of the molecule is Cc1cc(CO)cc(C)c1OCOCc1ccccc1. The van der Waals surface area contributed by atoms with E-state index in [1.54, 1.807) is 0 Å². The maximum absolute atomic E-state index is 9.15. The third-order valence-electron chi connectivity index (χ3n) is 3.10. The van der Waals surface area contributed by atoms with Crippen LogP contribution in [0.4, 0.5) is 0 Å². The third-order valence-corrected chi connectivity index (χ3v) is 3.10. The molecule has 0 aliphatic carbocycles. The van der Waals surface area contributed by atoms with E-state index in [4.69, 9.17) is 14.6 Å². The Morgan fingerprint density at radius 3 is 2.20 bits per heavy atom. The van der Waals surface area contributed by atoms with Crippen molar-refractivity contribution < 1.29 is 14.6 Å². The summed E-state index contributed by atoms with van der Waals surface area (Å²) in [5.41, 5.74) is 4.05. The molecule has 0 aromatic heterocycles. The van der Waals surface area contributed by atoms with Crippen LogP contribution in [0.25, 0.3) is 0 Å². The molecule has 2 rings (SSSR count). The van der Waals surface area contributed by atoms with Gasteiger partial charge in [-0.15, -0.1) is 0 Å². The zero-order chi connectivity index (χ0) is 14.4. The smallest absolute Gasteiger partial charge is 0.189 e. The molecule has 0 aliphatic rings. The molecule has 0 saturated carbocycles. The molecule has 2 aromatic carbocycles. The Bertz CT molecular complexity index is 526. The molecule has 1 N–H and O–H groups in total. The van der Waals surface area contributed by atoms with E-state index in [0.29, 0.717) is 6.61 Å². The number of aliphatic hydroxyl groups excluding tert-OH is 1. The lowest BCUT2D eigenvalue weighted by atomic mass is 10.1. The fourth-order valence-corrected chi connectivity index (χ4v) is 2.19. The molecule has 2 aromatic rings. The lowest BCUT2D eigenvalue weighted by molar-refractivity contribution is 0.00429. The van der Waals surface area contributed by atoms with Gasteiger partial charge in [0.2, 0.25) is 0 Å². The second kappa shape index (κ2) is 7.08. The van der Waals surface area contributed by atoms with Crippen molar-refractivity contribution >= 4 is 0 Å². The molecule has 0 fully saturated rings. The molecule has 0 amide bonds. The van der Waals surface area contributed by atoms with Gasteiger partial charge in [0.15, 0.2) is 6.79 Å². The molecule has 0 saturated heterocycles. The fraction of sp³-hybridized carbons (Fsp3) is 0.294. The highest BCUT2D eigenvalue weighted by Gasteiger charge is 2.06. The molecule has 0 unspecified atom stereocenters. The highest BCUT2D eigenvalue weighted by molar-refractivity contribution is 5.43. The van der Waals surface area contributed by atoms with E-state index in [0.717, 1.165) is 28.0 Å². The molecule has 106 valence electrons. The predicted octanol–water partition coefficient (Wildman–Crippen LogP) is 3.35. The van der Waals surface area contributed by atoms with Gasteiger partial charge in [0.25, 0.3) is 0 Å². The Kier molecular flexibility index (Phi) is 5.16. The van der Waals surface area contributed by atoms with E-state index in [1.807, 2.05) is 56.3 Å². The van der Waals surface area contributed by atoms with Crippen molar-refractivity contribution in [1.29, 1.82) is 0 Å². The molecule has 0 radical (unpaired) electrons. The van der Waals surface area contributed by atoms with Crippen molar-refractivity contribution in [2.75, 3.05) is 6.79 Å². The summed E-state index contributed by atoms with van der Waals surface area (Å²) < 4.78 is 11.2. The van der Waals surface area contributed by atoms with Crippen LogP contribution in [0.1, 0.15) is 22.3 Å². The first kappa shape index (κ1) is 14.6. The first-order chi connectivity index (χ1) is 9.70. The number of aliphatic hydroxyl groups is 1. The zero-order valence-corrected chi connectivity index (χ0v) is 11.9. The average Bonchev–Trinajstić information content (AvgIpc) is 2.46. The zero-order valence-electron chi connectivity index (χ0n) is 11.9. The Hall–Kier alpha value is -1.84. The first-order valence-electron chi connectivity index (χ1n) is 6.66. The van der Waals surface area contributed by atoms with E-state index in [2.05, 4.69) is 0 Å². The molecule has 0 bridgehead atoms. The maximum atomic E-state index is 9.15. The average molecular weight is 272 g/mol.